The molecule has 1 saturated heterocycles. The quantitative estimate of drug-likeness (QED) is 0.465. The second-order valence-corrected chi connectivity index (χ2v) is 9.83. The predicted octanol–water partition coefficient (Wildman–Crippen LogP) is 7.50. The number of hydrogen-bond acceptors (Lipinski definition) is 1. The number of hydrogen-bond donors (Lipinski definition) is 0. The minimum absolute atomic E-state index is 0.593. The number of halogens is 2. The van der Waals surface area contributed by atoms with Gasteiger partial charge in [-0.3, -0.25) is 0 Å². The van der Waals surface area contributed by atoms with E-state index in [1.54, 1.807) is 6.07 Å². The Morgan fingerprint density at radius 1 is 0.700 bits per heavy atom. The van der Waals surface area contributed by atoms with Crippen molar-refractivity contribution in [1.29, 1.82) is 0 Å². The van der Waals surface area contributed by atoms with Crippen molar-refractivity contribution >= 4 is 0 Å². The standard InChI is InChI=1S/C27H32F2O/c28-26-14-13-24(16-27(26)29)23-11-9-22(10-12-23)21-7-5-20(6-8-21)19-3-1-18(2-4-19)15-25-17-30-25/h9-14,16,18-21,25H,1-8,15,17H2. The van der Waals surface area contributed by atoms with Gasteiger partial charge >= 0.3 is 0 Å². The van der Waals surface area contributed by atoms with Crippen LogP contribution in [0, 0.1) is 29.4 Å². The molecule has 1 heterocycles. The van der Waals surface area contributed by atoms with Crippen LogP contribution in [-0.2, 0) is 4.74 Å². The van der Waals surface area contributed by atoms with Crippen LogP contribution in [0.1, 0.15) is 69.3 Å². The molecule has 0 radical (unpaired) electrons. The van der Waals surface area contributed by atoms with Gasteiger partial charge in [0.2, 0.25) is 0 Å². The molecule has 3 heteroatoms. The molecule has 0 spiro atoms. The van der Waals surface area contributed by atoms with Crippen LogP contribution in [0.25, 0.3) is 11.1 Å². The third-order valence-corrected chi connectivity index (χ3v) is 7.96. The normalized spacial score (nSPS) is 31.5. The summed E-state index contributed by atoms with van der Waals surface area (Å²) in [6, 6.07) is 12.6. The Kier molecular flexibility index (Phi) is 5.91. The molecule has 2 aliphatic carbocycles. The first kappa shape index (κ1) is 20.2. The SMILES string of the molecule is Fc1ccc(-c2ccc(C3CCC(C4CCC(CC5CO5)CC4)CC3)cc2)cc1F. The highest BCUT2D eigenvalue weighted by Crippen LogP contribution is 2.45. The first-order chi connectivity index (χ1) is 14.7. The average Bonchev–Trinajstić information content (AvgIpc) is 3.61. The van der Waals surface area contributed by atoms with Gasteiger partial charge in [-0.15, -0.1) is 0 Å². The molecule has 1 atom stereocenters. The van der Waals surface area contributed by atoms with Crippen LogP contribution in [0.2, 0.25) is 0 Å². The van der Waals surface area contributed by atoms with Crippen molar-refractivity contribution in [2.75, 3.05) is 6.61 Å². The van der Waals surface area contributed by atoms with E-state index in [-0.39, 0.29) is 0 Å². The van der Waals surface area contributed by atoms with Crippen molar-refractivity contribution in [3.05, 3.63) is 59.7 Å². The predicted molar refractivity (Wildman–Crippen MR) is 116 cm³/mol. The van der Waals surface area contributed by atoms with Crippen LogP contribution in [0.15, 0.2) is 42.5 Å². The average molecular weight is 411 g/mol. The number of benzene rings is 2. The minimum Gasteiger partial charge on any atom is -0.373 e. The Bertz CT molecular complexity index is 842. The summed E-state index contributed by atoms with van der Waals surface area (Å²) in [5, 5.41) is 0. The number of epoxide rings is 1. The fourth-order valence-electron chi connectivity index (χ4n) is 6.02. The summed E-state index contributed by atoms with van der Waals surface area (Å²) in [6.45, 7) is 1.01. The third-order valence-electron chi connectivity index (χ3n) is 7.96. The van der Waals surface area contributed by atoms with Gasteiger partial charge in [0.15, 0.2) is 11.6 Å². The molecule has 1 unspecified atom stereocenters. The molecule has 0 bridgehead atoms. The molecule has 2 saturated carbocycles. The van der Waals surface area contributed by atoms with E-state index < -0.39 is 11.6 Å². The molecule has 160 valence electrons. The van der Waals surface area contributed by atoms with Crippen LogP contribution < -0.4 is 0 Å². The minimum atomic E-state index is -0.794. The highest BCUT2D eigenvalue weighted by Gasteiger charge is 2.33. The van der Waals surface area contributed by atoms with Crippen molar-refractivity contribution < 1.29 is 13.5 Å². The summed E-state index contributed by atoms with van der Waals surface area (Å²) in [4.78, 5) is 0. The van der Waals surface area contributed by atoms with Crippen molar-refractivity contribution in [3.63, 3.8) is 0 Å². The van der Waals surface area contributed by atoms with Gasteiger partial charge in [0, 0.05) is 0 Å². The monoisotopic (exact) mass is 410 g/mol. The largest absolute Gasteiger partial charge is 0.373 e. The molecular formula is C27H32F2O. The van der Waals surface area contributed by atoms with E-state index in [2.05, 4.69) is 24.3 Å². The van der Waals surface area contributed by atoms with E-state index in [0.29, 0.717) is 12.0 Å². The molecule has 30 heavy (non-hydrogen) atoms. The molecule has 3 fully saturated rings. The van der Waals surface area contributed by atoms with Crippen molar-refractivity contribution in [3.8, 4) is 11.1 Å². The van der Waals surface area contributed by atoms with Crippen molar-refractivity contribution in [2.24, 2.45) is 17.8 Å². The van der Waals surface area contributed by atoms with Gasteiger partial charge in [-0.1, -0.05) is 43.2 Å². The zero-order valence-electron chi connectivity index (χ0n) is 17.7. The van der Waals surface area contributed by atoms with E-state index in [9.17, 15) is 8.78 Å². The van der Waals surface area contributed by atoms with E-state index in [4.69, 9.17) is 4.74 Å². The van der Waals surface area contributed by atoms with E-state index in [1.165, 1.54) is 75.5 Å². The maximum absolute atomic E-state index is 13.5. The lowest BCUT2D eigenvalue weighted by molar-refractivity contribution is 0.152. The Morgan fingerprint density at radius 2 is 1.30 bits per heavy atom. The van der Waals surface area contributed by atoms with E-state index in [1.807, 2.05) is 0 Å². The topological polar surface area (TPSA) is 12.5 Å². The third kappa shape index (κ3) is 4.61. The summed E-state index contributed by atoms with van der Waals surface area (Å²) in [5.74, 6) is 1.84. The first-order valence-corrected chi connectivity index (χ1v) is 11.8. The molecular weight excluding hydrogens is 378 g/mol. The van der Waals surface area contributed by atoms with Gasteiger partial charge in [0.1, 0.15) is 0 Å². The lowest BCUT2D eigenvalue weighted by atomic mass is 9.68. The van der Waals surface area contributed by atoms with Crippen molar-refractivity contribution in [1.82, 2.24) is 0 Å². The molecule has 3 aliphatic rings. The van der Waals surface area contributed by atoms with Crippen molar-refractivity contribution in [2.45, 2.75) is 69.8 Å². The Hall–Kier alpha value is -1.74. The van der Waals surface area contributed by atoms with Crippen LogP contribution >= 0.6 is 0 Å². The lowest BCUT2D eigenvalue weighted by Gasteiger charge is -2.38. The van der Waals surface area contributed by atoms with Crippen LogP contribution in [0.3, 0.4) is 0 Å². The molecule has 5 rings (SSSR count). The second kappa shape index (κ2) is 8.78. The second-order valence-electron chi connectivity index (χ2n) is 9.83. The molecule has 1 nitrogen and oxygen atoms in total. The maximum Gasteiger partial charge on any atom is 0.159 e. The lowest BCUT2D eigenvalue weighted by Crippen LogP contribution is -2.25. The number of rotatable bonds is 5. The molecule has 2 aromatic carbocycles. The summed E-state index contributed by atoms with van der Waals surface area (Å²) in [6.07, 6.45) is 12.9. The smallest absolute Gasteiger partial charge is 0.159 e. The highest BCUT2D eigenvalue weighted by atomic mass is 19.2. The fourth-order valence-corrected chi connectivity index (χ4v) is 6.02. The highest BCUT2D eigenvalue weighted by molar-refractivity contribution is 5.63. The molecule has 0 N–H and O–H groups in total. The summed E-state index contributed by atoms with van der Waals surface area (Å²) in [7, 11) is 0. The molecule has 0 amide bonds. The zero-order chi connectivity index (χ0) is 20.5. The van der Waals surface area contributed by atoms with E-state index >= 15 is 0 Å². The molecule has 2 aromatic rings. The Morgan fingerprint density at radius 3 is 1.90 bits per heavy atom. The van der Waals surface area contributed by atoms with E-state index in [0.717, 1.165) is 35.5 Å². The van der Waals surface area contributed by atoms with Gasteiger partial charge in [-0.2, -0.15) is 0 Å². The maximum atomic E-state index is 13.5. The Balaban J connectivity index is 1.13. The van der Waals surface area contributed by atoms with Gasteiger partial charge in [-0.25, -0.2) is 8.78 Å². The van der Waals surface area contributed by atoms with Crippen LogP contribution in [0.5, 0.6) is 0 Å². The summed E-state index contributed by atoms with van der Waals surface area (Å²) < 4.78 is 32.1. The summed E-state index contributed by atoms with van der Waals surface area (Å²) in [5.41, 5.74) is 3.07. The Labute approximate surface area is 178 Å². The fraction of sp³-hybridized carbons (Fsp3) is 0.556. The van der Waals surface area contributed by atoms with Gasteiger partial charge in [-0.05, 0) is 97.4 Å². The van der Waals surface area contributed by atoms with Gasteiger partial charge in [0.25, 0.3) is 0 Å². The van der Waals surface area contributed by atoms with Crippen LogP contribution in [0.4, 0.5) is 8.78 Å². The summed E-state index contributed by atoms with van der Waals surface area (Å²) >= 11 is 0. The van der Waals surface area contributed by atoms with Crippen LogP contribution in [-0.4, -0.2) is 12.7 Å². The molecule has 0 aromatic heterocycles. The zero-order valence-corrected chi connectivity index (χ0v) is 17.7. The van der Waals surface area contributed by atoms with Gasteiger partial charge < -0.3 is 4.74 Å². The van der Waals surface area contributed by atoms with Gasteiger partial charge in [0.05, 0.1) is 12.7 Å². The number of ether oxygens (including phenoxy) is 1. The molecule has 1 aliphatic heterocycles. The first-order valence-electron chi connectivity index (χ1n) is 11.8.